The van der Waals surface area contributed by atoms with E-state index in [-0.39, 0.29) is 43.0 Å². The quantitative estimate of drug-likeness (QED) is 0.127. The van der Waals surface area contributed by atoms with Crippen LogP contribution in [-0.4, -0.2) is 70.2 Å². The van der Waals surface area contributed by atoms with Crippen molar-refractivity contribution in [3.05, 3.63) is 88.0 Å². The molecule has 5 atom stereocenters. The number of hydrogen-bond acceptors (Lipinski definition) is 9. The number of nitrogens with one attached hydrogen (secondary N) is 2. The zero-order valence-electron chi connectivity index (χ0n) is 31.2. The summed E-state index contributed by atoms with van der Waals surface area (Å²) in [5.74, 6) is -4.72. The summed E-state index contributed by atoms with van der Waals surface area (Å²) >= 11 is 0. The molecule has 12 heteroatoms. The number of rotatable bonds is 9. The molecule has 6 rings (SSSR count). The van der Waals surface area contributed by atoms with Gasteiger partial charge in [0, 0.05) is 52.4 Å². The van der Waals surface area contributed by atoms with Gasteiger partial charge >= 0.3 is 23.9 Å². The summed E-state index contributed by atoms with van der Waals surface area (Å²) in [6.45, 7) is 12.0. The van der Waals surface area contributed by atoms with Crippen molar-refractivity contribution in [2.45, 2.75) is 77.0 Å². The lowest BCUT2D eigenvalue weighted by molar-refractivity contribution is -0.158. The van der Waals surface area contributed by atoms with Crippen molar-refractivity contribution in [3.8, 4) is 0 Å². The number of aromatic nitrogens is 4. The van der Waals surface area contributed by atoms with Crippen LogP contribution in [0.2, 0.25) is 0 Å². The molecule has 0 saturated carbocycles. The number of hydrogen-bond donors (Lipinski definition) is 3. The highest BCUT2D eigenvalue weighted by Gasteiger charge is 2.56. The van der Waals surface area contributed by atoms with Crippen LogP contribution in [0.15, 0.2) is 43.0 Å². The molecule has 0 aromatic carbocycles. The van der Waals surface area contributed by atoms with E-state index >= 15 is 0 Å². The number of methoxy groups -OCH3 is 3. The van der Waals surface area contributed by atoms with Crippen LogP contribution in [0.3, 0.4) is 0 Å². The Balaban J connectivity index is 1.75. The van der Waals surface area contributed by atoms with Gasteiger partial charge in [0.15, 0.2) is 0 Å². The molecule has 8 bridgehead atoms. The molecular weight excluding hydrogens is 676 g/mol. The Morgan fingerprint density at radius 1 is 0.868 bits per heavy atom. The van der Waals surface area contributed by atoms with Gasteiger partial charge in [-0.3, -0.25) is 29.1 Å². The first-order chi connectivity index (χ1) is 25.3. The highest BCUT2D eigenvalue weighted by Crippen LogP contribution is 2.54. The summed E-state index contributed by atoms with van der Waals surface area (Å²) in [6, 6.07) is 7.81. The van der Waals surface area contributed by atoms with Gasteiger partial charge in [0.1, 0.15) is 0 Å². The molecule has 1 aliphatic carbocycles. The molecular formula is C41H46N4O8. The van der Waals surface area contributed by atoms with Gasteiger partial charge in [0.05, 0.1) is 55.7 Å². The Kier molecular flexibility index (Phi) is 10.2. The van der Waals surface area contributed by atoms with Crippen LogP contribution in [0.1, 0.15) is 90.0 Å². The van der Waals surface area contributed by atoms with Gasteiger partial charge in [-0.1, -0.05) is 19.1 Å². The Morgan fingerprint density at radius 3 is 1.98 bits per heavy atom. The molecule has 53 heavy (non-hydrogen) atoms. The molecule has 5 heterocycles. The van der Waals surface area contributed by atoms with E-state index in [1.165, 1.54) is 21.3 Å². The Morgan fingerprint density at radius 2 is 1.45 bits per heavy atom. The van der Waals surface area contributed by atoms with Crippen molar-refractivity contribution in [2.24, 2.45) is 11.8 Å². The standard InChI is InChI=1S/C41H46N4O8/c1-9-23-20(2)28-16-29-21(3)24(11-14-36(46)51-6)31(42-29)18-32-25(12-15-37(47)52-7)22(4)30(43-32)17-34-27-13-10-26(39(48)49)38(40(50)53-8)41(27,5)35(45-34)19-33(23)44-28/h9,13,16-20,23,26,38,42-43H,1,10-12,14-15H2,2-8H3,(H,48,49)/t20?,23?,26-,38+,41-/m1/s1. The summed E-state index contributed by atoms with van der Waals surface area (Å²) in [5, 5.41) is 10.3. The van der Waals surface area contributed by atoms with Crippen LogP contribution in [0, 0.1) is 25.7 Å². The second kappa shape index (κ2) is 14.5. The van der Waals surface area contributed by atoms with Gasteiger partial charge in [-0.25, -0.2) is 0 Å². The molecule has 0 saturated heterocycles. The van der Waals surface area contributed by atoms with Crippen LogP contribution in [0.5, 0.6) is 0 Å². The van der Waals surface area contributed by atoms with E-state index in [0.717, 1.165) is 55.6 Å². The number of esters is 3. The van der Waals surface area contributed by atoms with Crippen molar-refractivity contribution in [1.29, 1.82) is 0 Å². The van der Waals surface area contributed by atoms with E-state index in [1.54, 1.807) is 0 Å². The summed E-state index contributed by atoms with van der Waals surface area (Å²) in [5.41, 5.74) is 8.98. The van der Waals surface area contributed by atoms with Crippen LogP contribution >= 0.6 is 0 Å². The molecule has 278 valence electrons. The molecule has 3 aromatic heterocycles. The number of fused-ring (bicyclic) bond motifs is 11. The normalized spacial score (nSPS) is 22.0. The SMILES string of the molecule is C=CC1c2cc3nc(cc4[nH]c(cc5[nH]c(cc(n2)C1C)c(C)c5CCC(=O)OC)c(CCC(=O)OC)c4C)C1=CC[C@@H](C(=O)O)[C@@H](C(=O)OC)[C@]13C. The number of nitrogens with zero attached hydrogens (tertiary/aromatic N) is 2. The number of carboxylic acid groups (broad SMARTS) is 1. The molecule has 0 amide bonds. The minimum absolute atomic E-state index is 0.0736. The van der Waals surface area contributed by atoms with Gasteiger partial charge in [0.2, 0.25) is 0 Å². The van der Waals surface area contributed by atoms with Crippen LogP contribution < -0.4 is 0 Å². The maximum Gasteiger partial charge on any atom is 0.310 e. The lowest BCUT2D eigenvalue weighted by atomic mass is 9.60. The lowest BCUT2D eigenvalue weighted by Crippen LogP contribution is -2.46. The highest BCUT2D eigenvalue weighted by molar-refractivity contribution is 5.91. The number of allylic oxidation sites excluding steroid dienone is 3. The van der Waals surface area contributed by atoms with Crippen molar-refractivity contribution in [1.82, 2.24) is 19.9 Å². The summed E-state index contributed by atoms with van der Waals surface area (Å²) in [4.78, 5) is 68.3. The Labute approximate surface area is 307 Å². The number of aromatic amines is 2. The van der Waals surface area contributed by atoms with Crippen LogP contribution in [0.25, 0.3) is 27.6 Å². The lowest BCUT2D eigenvalue weighted by Gasteiger charge is -2.40. The van der Waals surface area contributed by atoms with E-state index in [4.69, 9.17) is 24.2 Å². The molecule has 12 nitrogen and oxygen atoms in total. The van der Waals surface area contributed by atoms with Gasteiger partial charge in [-0.2, -0.15) is 0 Å². The van der Waals surface area contributed by atoms with E-state index in [9.17, 15) is 24.3 Å². The Bertz CT molecular complexity index is 2230. The number of aryl methyl sites for hydroxylation is 4. The smallest absolute Gasteiger partial charge is 0.310 e. The molecule has 2 unspecified atom stereocenters. The number of ether oxygens (including phenoxy) is 3. The first-order valence-corrected chi connectivity index (χ1v) is 17.8. The molecule has 3 aliphatic rings. The zero-order chi connectivity index (χ0) is 38.4. The van der Waals surface area contributed by atoms with Gasteiger partial charge in [0.25, 0.3) is 0 Å². The van der Waals surface area contributed by atoms with E-state index in [1.807, 2.05) is 57.2 Å². The van der Waals surface area contributed by atoms with Crippen molar-refractivity contribution in [2.75, 3.05) is 21.3 Å². The van der Waals surface area contributed by atoms with Crippen LogP contribution in [-0.2, 0) is 51.6 Å². The van der Waals surface area contributed by atoms with E-state index in [0.29, 0.717) is 29.9 Å². The third-order valence-corrected chi connectivity index (χ3v) is 11.5. The minimum Gasteiger partial charge on any atom is -0.481 e. The zero-order valence-corrected chi connectivity index (χ0v) is 31.2. The predicted molar refractivity (Wildman–Crippen MR) is 199 cm³/mol. The van der Waals surface area contributed by atoms with Gasteiger partial charge in [-0.05, 0) is 92.1 Å². The second-order valence-electron chi connectivity index (χ2n) is 14.2. The fourth-order valence-electron chi connectivity index (χ4n) is 8.35. The molecule has 0 radical (unpaired) electrons. The maximum atomic E-state index is 13.6. The first kappa shape index (κ1) is 37.2. The monoisotopic (exact) mass is 722 g/mol. The number of carbonyl (C=O) groups is 4. The van der Waals surface area contributed by atoms with Crippen molar-refractivity contribution in [3.63, 3.8) is 0 Å². The van der Waals surface area contributed by atoms with Gasteiger partial charge in [-0.15, -0.1) is 6.58 Å². The molecule has 0 fully saturated rings. The number of aliphatic carboxylic acids is 1. The fourth-order valence-corrected chi connectivity index (χ4v) is 8.35. The van der Waals surface area contributed by atoms with Crippen LogP contribution in [0.4, 0.5) is 0 Å². The first-order valence-electron chi connectivity index (χ1n) is 17.8. The summed E-state index contributed by atoms with van der Waals surface area (Å²) < 4.78 is 15.2. The third-order valence-electron chi connectivity index (χ3n) is 11.5. The van der Waals surface area contributed by atoms with Gasteiger partial charge < -0.3 is 29.3 Å². The van der Waals surface area contributed by atoms with E-state index < -0.39 is 29.2 Å². The third kappa shape index (κ3) is 6.44. The fraction of sp³-hybridized carbons (Fsp3) is 0.415. The van der Waals surface area contributed by atoms with Crippen molar-refractivity contribution < 1.29 is 38.5 Å². The average molecular weight is 723 g/mol. The summed E-state index contributed by atoms with van der Waals surface area (Å²) in [7, 11) is 4.01. The summed E-state index contributed by atoms with van der Waals surface area (Å²) in [6.07, 6.45) is 5.02. The molecule has 3 N–H and O–H groups in total. The molecule has 0 spiro atoms. The Hall–Kier alpha value is -5.52. The topological polar surface area (TPSA) is 174 Å². The number of carboxylic acids is 1. The largest absolute Gasteiger partial charge is 0.481 e. The maximum absolute atomic E-state index is 13.6. The molecule has 3 aromatic rings. The van der Waals surface area contributed by atoms with E-state index in [2.05, 4.69) is 23.5 Å². The molecule has 2 aliphatic heterocycles. The average Bonchev–Trinajstić information content (AvgIpc) is 3.79. The number of carbonyl (C=O) groups excluding carboxylic acids is 3. The second-order valence-corrected chi connectivity index (χ2v) is 14.2. The minimum atomic E-state index is -1.15. The predicted octanol–water partition coefficient (Wildman–Crippen LogP) is 6.45. The number of H-pyrrole nitrogens is 2. The van der Waals surface area contributed by atoms with Crippen molar-refractivity contribution >= 4 is 51.5 Å². The highest BCUT2D eigenvalue weighted by atomic mass is 16.5.